The van der Waals surface area contributed by atoms with Crippen LogP contribution in [0.3, 0.4) is 0 Å². The van der Waals surface area contributed by atoms with Gasteiger partial charge < -0.3 is 4.74 Å². The number of nitriles is 1. The second-order valence-corrected chi connectivity index (χ2v) is 6.99. The zero-order chi connectivity index (χ0) is 16.1. The molecule has 3 nitrogen and oxygen atoms in total. The summed E-state index contributed by atoms with van der Waals surface area (Å²) in [5.74, 6) is 0.835. The van der Waals surface area contributed by atoms with Crippen LogP contribution in [0, 0.1) is 11.3 Å². The minimum atomic E-state index is 0.619. The van der Waals surface area contributed by atoms with Gasteiger partial charge in [0.25, 0.3) is 0 Å². The Morgan fingerprint density at radius 3 is 2.74 bits per heavy atom. The van der Waals surface area contributed by atoms with Crippen molar-refractivity contribution in [3.05, 3.63) is 59.0 Å². The summed E-state index contributed by atoms with van der Waals surface area (Å²) in [5.41, 5.74) is 1.94. The van der Waals surface area contributed by atoms with Gasteiger partial charge in [-0.15, -0.1) is 11.3 Å². The summed E-state index contributed by atoms with van der Waals surface area (Å²) in [7, 11) is 0. The molecule has 0 radical (unpaired) electrons. The number of para-hydroxylation sites is 1. The molecule has 5 heteroatoms. The molecular formula is C18H14N2OS2. The lowest BCUT2D eigenvalue weighted by Crippen LogP contribution is -1.90. The van der Waals surface area contributed by atoms with Crippen LogP contribution in [-0.4, -0.2) is 11.6 Å². The van der Waals surface area contributed by atoms with Gasteiger partial charge in [-0.2, -0.15) is 5.26 Å². The Kier molecular flexibility index (Phi) is 4.96. The molecule has 23 heavy (non-hydrogen) atoms. The molecule has 0 atom stereocenters. The molecule has 0 saturated carbocycles. The van der Waals surface area contributed by atoms with Crippen LogP contribution in [0.25, 0.3) is 16.3 Å². The van der Waals surface area contributed by atoms with Crippen molar-refractivity contribution in [3.8, 4) is 11.8 Å². The summed E-state index contributed by atoms with van der Waals surface area (Å²) in [6, 6.07) is 17.9. The summed E-state index contributed by atoms with van der Waals surface area (Å²) in [5, 5.41) is 9.38. The summed E-state index contributed by atoms with van der Waals surface area (Å²) in [6.45, 7) is 2.60. The first kappa shape index (κ1) is 15.6. The maximum Gasteiger partial charge on any atom is 0.156 e. The number of thiazole rings is 1. The van der Waals surface area contributed by atoms with Crippen LogP contribution in [-0.2, 0) is 0 Å². The van der Waals surface area contributed by atoms with Gasteiger partial charge in [0.05, 0.1) is 21.7 Å². The molecule has 114 valence electrons. The van der Waals surface area contributed by atoms with Gasteiger partial charge in [0, 0.05) is 0 Å². The van der Waals surface area contributed by atoms with E-state index in [1.807, 2.05) is 61.5 Å². The van der Waals surface area contributed by atoms with Crippen molar-refractivity contribution in [1.82, 2.24) is 4.98 Å². The number of hydrogen-bond donors (Lipinski definition) is 0. The smallest absolute Gasteiger partial charge is 0.156 e. The Balaban J connectivity index is 1.80. The summed E-state index contributed by atoms with van der Waals surface area (Å²) >= 11 is 3.00. The van der Waals surface area contributed by atoms with Crippen LogP contribution >= 0.6 is 23.1 Å². The molecule has 0 N–H and O–H groups in total. The molecule has 1 aromatic heterocycles. The minimum Gasteiger partial charge on any atom is -0.494 e. The Morgan fingerprint density at radius 1 is 1.26 bits per heavy atom. The summed E-state index contributed by atoms with van der Waals surface area (Å²) in [4.78, 5) is 5.17. The fourth-order valence-electron chi connectivity index (χ4n) is 2.05. The Labute approximate surface area is 143 Å². The van der Waals surface area contributed by atoms with Crippen molar-refractivity contribution in [3.63, 3.8) is 0 Å². The number of rotatable bonds is 5. The van der Waals surface area contributed by atoms with Gasteiger partial charge in [0.2, 0.25) is 0 Å². The van der Waals surface area contributed by atoms with Crippen LogP contribution in [0.15, 0.2) is 57.8 Å². The zero-order valence-corrected chi connectivity index (χ0v) is 14.2. The molecule has 3 rings (SSSR count). The number of aromatic nitrogens is 1. The molecular weight excluding hydrogens is 324 g/mol. The quantitative estimate of drug-likeness (QED) is 0.464. The van der Waals surface area contributed by atoms with Gasteiger partial charge in [0.15, 0.2) is 4.34 Å². The van der Waals surface area contributed by atoms with Crippen molar-refractivity contribution >= 4 is 39.4 Å². The number of allylic oxidation sites excluding steroid dienone is 1. The van der Waals surface area contributed by atoms with E-state index in [2.05, 4.69) is 11.1 Å². The number of benzene rings is 2. The zero-order valence-electron chi connectivity index (χ0n) is 12.5. The van der Waals surface area contributed by atoms with Gasteiger partial charge in [-0.1, -0.05) is 24.3 Å². The van der Waals surface area contributed by atoms with E-state index in [1.165, 1.54) is 11.8 Å². The highest BCUT2D eigenvalue weighted by Gasteiger charge is 2.07. The molecule has 1 heterocycles. The van der Waals surface area contributed by atoms with E-state index in [9.17, 15) is 5.26 Å². The lowest BCUT2D eigenvalue weighted by Gasteiger charge is -2.02. The highest BCUT2D eigenvalue weighted by Crippen LogP contribution is 2.34. The number of ether oxygens (including phenoxy) is 1. The molecule has 0 saturated heterocycles. The third-order valence-electron chi connectivity index (χ3n) is 3.07. The van der Waals surface area contributed by atoms with Crippen molar-refractivity contribution in [1.29, 1.82) is 5.26 Å². The second kappa shape index (κ2) is 7.32. The topological polar surface area (TPSA) is 45.9 Å². The van der Waals surface area contributed by atoms with Crippen LogP contribution in [0.4, 0.5) is 0 Å². The Morgan fingerprint density at radius 2 is 2.04 bits per heavy atom. The van der Waals surface area contributed by atoms with Crippen molar-refractivity contribution < 1.29 is 4.74 Å². The SMILES string of the molecule is CCOc1ccc(C=C(C#N)Sc2nc3ccccc3s2)cc1. The second-order valence-electron chi connectivity index (χ2n) is 4.67. The van der Waals surface area contributed by atoms with E-state index in [1.54, 1.807) is 11.3 Å². The maximum absolute atomic E-state index is 9.38. The van der Waals surface area contributed by atoms with Crippen LogP contribution < -0.4 is 4.74 Å². The molecule has 0 amide bonds. The van der Waals surface area contributed by atoms with Gasteiger partial charge in [-0.3, -0.25) is 0 Å². The van der Waals surface area contributed by atoms with E-state index in [4.69, 9.17) is 4.74 Å². The van der Waals surface area contributed by atoms with E-state index < -0.39 is 0 Å². The van der Waals surface area contributed by atoms with E-state index in [0.717, 1.165) is 25.9 Å². The first-order chi connectivity index (χ1) is 11.3. The average Bonchev–Trinajstić information content (AvgIpc) is 2.98. The first-order valence-electron chi connectivity index (χ1n) is 7.16. The molecule has 0 bridgehead atoms. The monoisotopic (exact) mass is 338 g/mol. The molecule has 0 unspecified atom stereocenters. The third kappa shape index (κ3) is 3.92. The van der Waals surface area contributed by atoms with E-state index in [0.29, 0.717) is 11.5 Å². The molecule has 3 aromatic rings. The predicted octanol–water partition coefficient (Wildman–Crippen LogP) is 5.35. The Hall–Kier alpha value is -2.29. The molecule has 0 aliphatic rings. The van der Waals surface area contributed by atoms with Crippen LogP contribution in [0.1, 0.15) is 12.5 Å². The van der Waals surface area contributed by atoms with E-state index in [-0.39, 0.29) is 0 Å². The van der Waals surface area contributed by atoms with Gasteiger partial charge in [0.1, 0.15) is 11.8 Å². The highest BCUT2D eigenvalue weighted by molar-refractivity contribution is 8.05. The normalized spacial score (nSPS) is 11.4. The van der Waals surface area contributed by atoms with Crippen molar-refractivity contribution in [2.45, 2.75) is 11.3 Å². The number of fused-ring (bicyclic) bond motifs is 1. The van der Waals surface area contributed by atoms with Gasteiger partial charge >= 0.3 is 0 Å². The molecule has 2 aromatic carbocycles. The highest BCUT2D eigenvalue weighted by atomic mass is 32.2. The fraction of sp³-hybridized carbons (Fsp3) is 0.111. The predicted molar refractivity (Wildman–Crippen MR) is 96.7 cm³/mol. The fourth-order valence-corrected chi connectivity index (χ4v) is 4.03. The Bertz CT molecular complexity index is 843. The molecule has 0 fully saturated rings. The number of hydrogen-bond acceptors (Lipinski definition) is 5. The van der Waals surface area contributed by atoms with Crippen molar-refractivity contribution in [2.24, 2.45) is 0 Å². The molecule has 0 spiro atoms. The summed E-state index contributed by atoms with van der Waals surface area (Å²) in [6.07, 6.45) is 1.87. The third-order valence-corrected chi connectivity index (χ3v) is 5.10. The summed E-state index contributed by atoms with van der Waals surface area (Å²) < 4.78 is 7.43. The van der Waals surface area contributed by atoms with Gasteiger partial charge in [-0.05, 0) is 54.6 Å². The van der Waals surface area contributed by atoms with Crippen LogP contribution in [0.5, 0.6) is 5.75 Å². The lowest BCUT2D eigenvalue weighted by molar-refractivity contribution is 0.340. The van der Waals surface area contributed by atoms with Crippen LogP contribution in [0.2, 0.25) is 0 Å². The first-order valence-corrected chi connectivity index (χ1v) is 8.80. The molecule has 0 aliphatic heterocycles. The maximum atomic E-state index is 9.38. The van der Waals surface area contributed by atoms with E-state index >= 15 is 0 Å². The number of thioether (sulfide) groups is 1. The van der Waals surface area contributed by atoms with Crippen molar-refractivity contribution in [2.75, 3.05) is 6.61 Å². The average molecular weight is 338 g/mol. The molecule has 0 aliphatic carbocycles. The lowest BCUT2D eigenvalue weighted by atomic mass is 10.2. The minimum absolute atomic E-state index is 0.619. The number of nitrogens with zero attached hydrogens (tertiary/aromatic N) is 2. The standard InChI is InChI=1S/C18H14N2OS2/c1-2-21-14-9-7-13(8-10-14)11-15(12-19)22-18-20-16-5-3-4-6-17(16)23-18/h3-11H,2H2,1H3. The van der Waals surface area contributed by atoms with Gasteiger partial charge in [-0.25, -0.2) is 4.98 Å². The largest absolute Gasteiger partial charge is 0.494 e.